The van der Waals surface area contributed by atoms with E-state index < -0.39 is 0 Å². The van der Waals surface area contributed by atoms with Crippen LogP contribution in [0.15, 0.2) is 17.1 Å². The third-order valence-corrected chi connectivity index (χ3v) is 3.96. The van der Waals surface area contributed by atoms with Crippen LogP contribution in [0.25, 0.3) is 0 Å². The molecule has 0 aliphatic carbocycles. The van der Waals surface area contributed by atoms with E-state index in [4.69, 9.17) is 4.74 Å². The Balaban J connectivity index is 1.95. The maximum Gasteiger partial charge on any atom is 0.119 e. The molecule has 1 aliphatic rings. The van der Waals surface area contributed by atoms with E-state index in [-0.39, 0.29) is 6.04 Å². The van der Waals surface area contributed by atoms with Crippen molar-refractivity contribution in [2.45, 2.75) is 19.4 Å². The molecule has 1 atom stereocenters. The average molecular weight is 267 g/mol. The van der Waals surface area contributed by atoms with Gasteiger partial charge in [-0.2, -0.15) is 0 Å². The van der Waals surface area contributed by atoms with Gasteiger partial charge in [-0.05, 0) is 25.5 Å². The van der Waals surface area contributed by atoms with Crippen molar-refractivity contribution in [3.63, 3.8) is 0 Å². The van der Waals surface area contributed by atoms with Gasteiger partial charge in [0.05, 0.1) is 12.6 Å². The summed E-state index contributed by atoms with van der Waals surface area (Å²) >= 11 is 1.83. The molecule has 0 amide bonds. The Morgan fingerprint density at radius 2 is 2.44 bits per heavy atom. The molecule has 0 saturated heterocycles. The summed E-state index contributed by atoms with van der Waals surface area (Å²) in [6.45, 7) is 5.64. The van der Waals surface area contributed by atoms with Gasteiger partial charge in [-0.3, -0.25) is 4.99 Å². The first-order valence-electron chi connectivity index (χ1n) is 6.38. The quantitative estimate of drug-likeness (QED) is 0.799. The number of aryl methyl sites for hydroxylation is 1. The predicted octanol–water partition coefficient (Wildman–Crippen LogP) is 1.73. The highest BCUT2D eigenvalue weighted by atomic mass is 32.1. The normalized spacial score (nSPS) is 19.7. The first kappa shape index (κ1) is 13.5. The summed E-state index contributed by atoms with van der Waals surface area (Å²) in [4.78, 5) is 7.28. The Hall–Kier alpha value is -0.910. The number of hydrogen-bond donors (Lipinski definition) is 2. The Morgan fingerprint density at radius 3 is 3.17 bits per heavy atom. The number of nitrogens with zero attached hydrogens (tertiary/aromatic N) is 1. The van der Waals surface area contributed by atoms with Crippen LogP contribution in [0.3, 0.4) is 0 Å². The highest BCUT2D eigenvalue weighted by Crippen LogP contribution is 2.24. The van der Waals surface area contributed by atoms with Crippen LogP contribution in [-0.4, -0.2) is 39.2 Å². The molecule has 5 heteroatoms. The Morgan fingerprint density at radius 1 is 1.56 bits per heavy atom. The number of ether oxygens (including phenoxy) is 1. The van der Waals surface area contributed by atoms with E-state index in [1.165, 1.54) is 9.75 Å². The summed E-state index contributed by atoms with van der Waals surface area (Å²) in [5.74, 6) is 1.07. The second-order valence-corrected chi connectivity index (χ2v) is 5.70. The number of hydrogen-bond acceptors (Lipinski definition) is 5. The summed E-state index contributed by atoms with van der Waals surface area (Å²) < 4.78 is 5.05. The minimum absolute atomic E-state index is 0.236. The second-order valence-electron chi connectivity index (χ2n) is 4.38. The number of methoxy groups -OCH3 is 1. The van der Waals surface area contributed by atoms with E-state index in [1.807, 2.05) is 11.3 Å². The Kier molecular flexibility index (Phi) is 5.16. The monoisotopic (exact) mass is 267 g/mol. The first-order chi connectivity index (χ1) is 8.81. The molecule has 1 aromatic rings. The maximum absolute atomic E-state index is 5.05. The molecular weight excluding hydrogens is 246 g/mol. The van der Waals surface area contributed by atoms with Crippen molar-refractivity contribution in [1.29, 1.82) is 0 Å². The summed E-state index contributed by atoms with van der Waals surface area (Å²) in [6.07, 6.45) is 1.01. The largest absolute Gasteiger partial charge is 0.385 e. The molecule has 2 N–H and O–H groups in total. The molecule has 4 nitrogen and oxygen atoms in total. The summed E-state index contributed by atoms with van der Waals surface area (Å²) in [5.41, 5.74) is 0. The molecule has 18 heavy (non-hydrogen) atoms. The molecule has 2 heterocycles. The molecule has 1 aromatic heterocycles. The molecular formula is C13H21N3OS. The second kappa shape index (κ2) is 6.87. The van der Waals surface area contributed by atoms with Crippen molar-refractivity contribution in [2.75, 3.05) is 33.4 Å². The first-order valence-corrected chi connectivity index (χ1v) is 7.20. The van der Waals surface area contributed by atoms with Crippen LogP contribution in [0.1, 0.15) is 22.2 Å². The number of thiophene rings is 1. The van der Waals surface area contributed by atoms with Crippen molar-refractivity contribution in [3.05, 3.63) is 21.9 Å². The van der Waals surface area contributed by atoms with Gasteiger partial charge in [0.2, 0.25) is 0 Å². The van der Waals surface area contributed by atoms with Gasteiger partial charge >= 0.3 is 0 Å². The summed E-state index contributed by atoms with van der Waals surface area (Å²) in [7, 11) is 1.73. The fourth-order valence-corrected chi connectivity index (χ4v) is 2.96. The van der Waals surface area contributed by atoms with Gasteiger partial charge in [0.1, 0.15) is 5.84 Å². The molecule has 1 aliphatic heterocycles. The minimum Gasteiger partial charge on any atom is -0.385 e. The van der Waals surface area contributed by atoms with Crippen LogP contribution >= 0.6 is 11.3 Å². The van der Waals surface area contributed by atoms with Crippen molar-refractivity contribution < 1.29 is 4.74 Å². The zero-order valence-corrected chi connectivity index (χ0v) is 11.8. The Labute approximate surface area is 112 Å². The fourth-order valence-electron chi connectivity index (χ4n) is 2.01. The smallest absolute Gasteiger partial charge is 0.119 e. The van der Waals surface area contributed by atoms with E-state index in [1.54, 1.807) is 7.11 Å². The zero-order valence-electron chi connectivity index (χ0n) is 11.0. The van der Waals surface area contributed by atoms with Gasteiger partial charge < -0.3 is 15.4 Å². The van der Waals surface area contributed by atoms with Crippen LogP contribution in [0.2, 0.25) is 0 Å². The third-order valence-electron chi connectivity index (χ3n) is 2.89. The van der Waals surface area contributed by atoms with Crippen LogP contribution in [0.4, 0.5) is 0 Å². The van der Waals surface area contributed by atoms with Crippen molar-refractivity contribution in [1.82, 2.24) is 10.6 Å². The SMILES string of the molecule is COCCCNC1=NCCNC1c1ccc(C)s1. The summed E-state index contributed by atoms with van der Waals surface area (Å²) in [5, 5.41) is 6.95. The van der Waals surface area contributed by atoms with Crippen LogP contribution in [0.5, 0.6) is 0 Å². The van der Waals surface area contributed by atoms with E-state index in [0.29, 0.717) is 0 Å². The lowest BCUT2D eigenvalue weighted by atomic mass is 10.2. The van der Waals surface area contributed by atoms with Crippen molar-refractivity contribution in [2.24, 2.45) is 4.99 Å². The van der Waals surface area contributed by atoms with Crippen LogP contribution in [0, 0.1) is 6.92 Å². The number of amidine groups is 1. The lowest BCUT2D eigenvalue weighted by Gasteiger charge is -2.24. The third kappa shape index (κ3) is 3.54. The highest BCUT2D eigenvalue weighted by Gasteiger charge is 2.21. The lowest BCUT2D eigenvalue weighted by Crippen LogP contribution is -2.42. The number of aliphatic imine (C=N–C) groups is 1. The molecule has 0 aromatic carbocycles. The van der Waals surface area contributed by atoms with Crippen LogP contribution < -0.4 is 10.6 Å². The average Bonchev–Trinajstić information content (AvgIpc) is 2.82. The number of rotatable bonds is 5. The molecule has 100 valence electrons. The van der Waals surface area contributed by atoms with E-state index >= 15 is 0 Å². The maximum atomic E-state index is 5.05. The van der Waals surface area contributed by atoms with Gasteiger partial charge in [-0.15, -0.1) is 11.3 Å². The molecule has 0 radical (unpaired) electrons. The summed E-state index contributed by atoms with van der Waals surface area (Å²) in [6, 6.07) is 4.59. The van der Waals surface area contributed by atoms with Crippen LogP contribution in [-0.2, 0) is 4.74 Å². The van der Waals surface area contributed by atoms with Gasteiger partial charge in [0.15, 0.2) is 0 Å². The molecule has 2 rings (SSSR count). The molecule has 0 saturated carbocycles. The lowest BCUT2D eigenvalue weighted by molar-refractivity contribution is 0.195. The van der Waals surface area contributed by atoms with Gasteiger partial charge in [0, 0.05) is 36.6 Å². The topological polar surface area (TPSA) is 45.6 Å². The molecule has 1 unspecified atom stereocenters. The van der Waals surface area contributed by atoms with Gasteiger partial charge in [0.25, 0.3) is 0 Å². The van der Waals surface area contributed by atoms with Crippen molar-refractivity contribution >= 4 is 17.2 Å². The molecule has 0 fully saturated rings. The fraction of sp³-hybridized carbons (Fsp3) is 0.615. The van der Waals surface area contributed by atoms with E-state index in [9.17, 15) is 0 Å². The predicted molar refractivity (Wildman–Crippen MR) is 76.6 cm³/mol. The molecule has 0 spiro atoms. The zero-order chi connectivity index (χ0) is 12.8. The number of nitrogens with one attached hydrogen (secondary N) is 2. The Bertz CT molecular complexity index is 403. The highest BCUT2D eigenvalue weighted by molar-refractivity contribution is 7.12. The standard InChI is InChI=1S/C13H21N3OS/c1-10-4-5-11(18-10)12-13(16-8-7-14-12)15-6-3-9-17-2/h4-5,12,14H,3,6-9H2,1-2H3,(H,15,16). The van der Waals surface area contributed by atoms with Gasteiger partial charge in [-0.25, -0.2) is 0 Å². The van der Waals surface area contributed by atoms with E-state index in [2.05, 4.69) is 34.7 Å². The van der Waals surface area contributed by atoms with Crippen molar-refractivity contribution in [3.8, 4) is 0 Å². The molecule has 0 bridgehead atoms. The minimum atomic E-state index is 0.236. The van der Waals surface area contributed by atoms with Gasteiger partial charge in [-0.1, -0.05) is 0 Å². The van der Waals surface area contributed by atoms with E-state index in [0.717, 1.165) is 38.5 Å².